The zero-order chi connectivity index (χ0) is 13.1. The van der Waals surface area contributed by atoms with Crippen LogP contribution in [-0.2, 0) is 0 Å². The Morgan fingerprint density at radius 3 is 2.78 bits per heavy atom. The second-order valence-corrected chi connectivity index (χ2v) is 4.26. The van der Waals surface area contributed by atoms with Crippen LogP contribution < -0.4 is 11.1 Å². The summed E-state index contributed by atoms with van der Waals surface area (Å²) in [6.07, 6.45) is 0. The third kappa shape index (κ3) is 2.78. The molecule has 0 aliphatic rings. The molecule has 0 aliphatic heterocycles. The van der Waals surface area contributed by atoms with Crippen molar-refractivity contribution in [1.29, 1.82) is 0 Å². The molecule has 3 N–H and O–H groups in total. The molecule has 2 aromatic rings. The molecule has 4 nitrogen and oxygen atoms in total. The molecule has 0 spiro atoms. The number of nitrogens with one attached hydrogen (secondary N) is 1. The topological polar surface area (TPSA) is 68.0 Å². The molecule has 0 unspecified atom stereocenters. The number of nitrogen functional groups attached to an aromatic ring is 1. The van der Waals surface area contributed by atoms with E-state index in [1.54, 1.807) is 30.3 Å². The van der Waals surface area contributed by atoms with Gasteiger partial charge >= 0.3 is 0 Å². The maximum absolute atomic E-state index is 11.9. The summed E-state index contributed by atoms with van der Waals surface area (Å²) in [4.78, 5) is 16.1. The third-order valence-electron chi connectivity index (χ3n) is 2.36. The highest BCUT2D eigenvalue weighted by Crippen LogP contribution is 2.24. The van der Waals surface area contributed by atoms with E-state index in [0.29, 0.717) is 22.1 Å². The largest absolute Gasteiger partial charge is 0.399 e. The summed E-state index contributed by atoms with van der Waals surface area (Å²) in [6.45, 7) is 1.83. The lowest BCUT2D eigenvalue weighted by Gasteiger charge is -2.07. The number of halogens is 1. The molecule has 0 fully saturated rings. The van der Waals surface area contributed by atoms with Crippen molar-refractivity contribution < 1.29 is 4.79 Å². The number of amides is 1. The van der Waals surface area contributed by atoms with Crippen LogP contribution in [0.25, 0.3) is 0 Å². The Labute approximate surface area is 110 Å². The highest BCUT2D eigenvalue weighted by atomic mass is 35.5. The first-order valence-electron chi connectivity index (χ1n) is 5.36. The van der Waals surface area contributed by atoms with Crippen LogP contribution in [0.2, 0.25) is 5.02 Å². The van der Waals surface area contributed by atoms with Gasteiger partial charge < -0.3 is 11.1 Å². The van der Waals surface area contributed by atoms with Crippen molar-refractivity contribution >= 4 is 28.9 Å². The van der Waals surface area contributed by atoms with E-state index in [1.807, 2.05) is 13.0 Å². The molecule has 2 rings (SSSR count). The fraction of sp³-hybridized carbons (Fsp3) is 0.0769. The first-order chi connectivity index (χ1) is 8.56. The quantitative estimate of drug-likeness (QED) is 0.817. The Morgan fingerprint density at radius 2 is 2.11 bits per heavy atom. The minimum atomic E-state index is -0.301. The van der Waals surface area contributed by atoms with Gasteiger partial charge in [0.25, 0.3) is 5.91 Å². The monoisotopic (exact) mass is 261 g/mol. The van der Waals surface area contributed by atoms with E-state index in [4.69, 9.17) is 17.3 Å². The summed E-state index contributed by atoms with van der Waals surface area (Å²) in [6, 6.07) is 10.2. The van der Waals surface area contributed by atoms with E-state index in [-0.39, 0.29) is 5.91 Å². The summed E-state index contributed by atoms with van der Waals surface area (Å²) < 4.78 is 0. The van der Waals surface area contributed by atoms with Gasteiger partial charge in [0.05, 0.1) is 10.7 Å². The number of rotatable bonds is 2. The van der Waals surface area contributed by atoms with Gasteiger partial charge in [0.1, 0.15) is 5.69 Å². The Kier molecular flexibility index (Phi) is 3.48. The smallest absolute Gasteiger partial charge is 0.274 e. The second-order valence-electron chi connectivity index (χ2n) is 3.86. The first kappa shape index (κ1) is 12.4. The van der Waals surface area contributed by atoms with Crippen LogP contribution in [0.15, 0.2) is 36.4 Å². The second kappa shape index (κ2) is 5.06. The predicted octanol–water partition coefficient (Wildman–Crippen LogP) is 2.88. The van der Waals surface area contributed by atoms with Gasteiger partial charge in [-0.2, -0.15) is 0 Å². The number of benzene rings is 1. The van der Waals surface area contributed by atoms with Crippen LogP contribution in [0, 0.1) is 6.92 Å². The number of pyridine rings is 1. The van der Waals surface area contributed by atoms with Gasteiger partial charge in [-0.05, 0) is 37.3 Å². The molecular formula is C13H12ClN3O. The van der Waals surface area contributed by atoms with Crippen molar-refractivity contribution in [2.45, 2.75) is 6.92 Å². The number of nitrogens with two attached hydrogens (primary N) is 1. The number of aromatic nitrogens is 1. The van der Waals surface area contributed by atoms with Gasteiger partial charge in [-0.25, -0.2) is 4.98 Å². The summed E-state index contributed by atoms with van der Waals surface area (Å²) in [5.41, 5.74) is 7.77. The molecule has 5 heteroatoms. The van der Waals surface area contributed by atoms with Crippen LogP contribution in [-0.4, -0.2) is 10.9 Å². The van der Waals surface area contributed by atoms with Crippen LogP contribution in [0.5, 0.6) is 0 Å². The lowest BCUT2D eigenvalue weighted by molar-refractivity contribution is 0.102. The van der Waals surface area contributed by atoms with Crippen LogP contribution in [0.4, 0.5) is 11.4 Å². The van der Waals surface area contributed by atoms with Crippen molar-refractivity contribution in [3.8, 4) is 0 Å². The maximum atomic E-state index is 11.9. The number of carbonyl (C=O) groups is 1. The number of hydrogen-bond donors (Lipinski definition) is 2. The Bertz CT molecular complexity index is 599. The highest BCUT2D eigenvalue weighted by molar-refractivity contribution is 6.34. The highest BCUT2D eigenvalue weighted by Gasteiger charge is 2.09. The summed E-state index contributed by atoms with van der Waals surface area (Å²) in [5.74, 6) is -0.301. The number of anilines is 2. The Hall–Kier alpha value is -2.07. The van der Waals surface area contributed by atoms with E-state index >= 15 is 0 Å². The normalized spacial score (nSPS) is 10.1. The zero-order valence-electron chi connectivity index (χ0n) is 9.77. The van der Waals surface area contributed by atoms with Crippen LogP contribution >= 0.6 is 11.6 Å². The van der Waals surface area contributed by atoms with Gasteiger partial charge in [-0.15, -0.1) is 0 Å². The molecule has 0 bridgehead atoms. The van der Waals surface area contributed by atoms with Gasteiger partial charge in [0.15, 0.2) is 0 Å². The van der Waals surface area contributed by atoms with Crippen molar-refractivity contribution in [3.05, 3.63) is 52.8 Å². The van der Waals surface area contributed by atoms with Crippen molar-refractivity contribution in [2.75, 3.05) is 11.1 Å². The average molecular weight is 262 g/mol. The van der Waals surface area contributed by atoms with E-state index in [2.05, 4.69) is 10.3 Å². The van der Waals surface area contributed by atoms with Gasteiger partial charge in [0, 0.05) is 11.4 Å². The summed E-state index contributed by atoms with van der Waals surface area (Å²) in [7, 11) is 0. The van der Waals surface area contributed by atoms with Gasteiger partial charge in [0.2, 0.25) is 0 Å². The maximum Gasteiger partial charge on any atom is 0.274 e. The molecule has 18 heavy (non-hydrogen) atoms. The van der Waals surface area contributed by atoms with Gasteiger partial charge in [-0.3, -0.25) is 4.79 Å². The number of aryl methyl sites for hydroxylation is 1. The third-order valence-corrected chi connectivity index (χ3v) is 2.68. The molecular weight excluding hydrogens is 250 g/mol. The molecule has 92 valence electrons. The Balaban J connectivity index is 2.21. The van der Waals surface area contributed by atoms with Crippen LogP contribution in [0.3, 0.4) is 0 Å². The van der Waals surface area contributed by atoms with Crippen molar-refractivity contribution in [1.82, 2.24) is 4.98 Å². The zero-order valence-corrected chi connectivity index (χ0v) is 10.5. The minimum absolute atomic E-state index is 0.301. The molecule has 1 heterocycles. The molecule has 1 amide bonds. The van der Waals surface area contributed by atoms with E-state index in [0.717, 1.165) is 5.69 Å². The molecule has 0 aliphatic carbocycles. The summed E-state index contributed by atoms with van der Waals surface area (Å²) in [5, 5.41) is 3.09. The molecule has 0 saturated heterocycles. The summed E-state index contributed by atoms with van der Waals surface area (Å²) >= 11 is 5.98. The molecule has 0 atom stereocenters. The number of hydrogen-bond acceptors (Lipinski definition) is 3. The lowest BCUT2D eigenvalue weighted by Crippen LogP contribution is -2.14. The fourth-order valence-electron chi connectivity index (χ4n) is 1.49. The van der Waals surface area contributed by atoms with E-state index < -0.39 is 0 Å². The predicted molar refractivity (Wildman–Crippen MR) is 72.8 cm³/mol. The molecule has 1 aromatic heterocycles. The standard InChI is InChI=1S/C13H12ClN3O/c1-8-3-2-4-12(16-8)13(18)17-11-6-5-9(15)7-10(11)14/h2-7H,15H2,1H3,(H,17,18). The average Bonchev–Trinajstić information content (AvgIpc) is 2.32. The number of nitrogens with zero attached hydrogens (tertiary/aromatic N) is 1. The van der Waals surface area contributed by atoms with Crippen molar-refractivity contribution in [3.63, 3.8) is 0 Å². The minimum Gasteiger partial charge on any atom is -0.399 e. The molecule has 1 aromatic carbocycles. The first-order valence-corrected chi connectivity index (χ1v) is 5.74. The van der Waals surface area contributed by atoms with E-state index in [1.165, 1.54) is 0 Å². The lowest BCUT2D eigenvalue weighted by atomic mass is 10.2. The number of carbonyl (C=O) groups excluding carboxylic acids is 1. The molecule has 0 saturated carbocycles. The van der Waals surface area contributed by atoms with Crippen LogP contribution in [0.1, 0.15) is 16.2 Å². The van der Waals surface area contributed by atoms with Crippen molar-refractivity contribution in [2.24, 2.45) is 0 Å². The fourth-order valence-corrected chi connectivity index (χ4v) is 1.72. The van der Waals surface area contributed by atoms with Gasteiger partial charge in [-0.1, -0.05) is 17.7 Å². The Morgan fingerprint density at radius 1 is 1.33 bits per heavy atom. The van der Waals surface area contributed by atoms with E-state index in [9.17, 15) is 4.79 Å². The SMILES string of the molecule is Cc1cccc(C(=O)Nc2ccc(N)cc2Cl)n1. The molecule has 0 radical (unpaired) electrons.